The highest BCUT2D eigenvalue weighted by molar-refractivity contribution is 7.18. The quantitative estimate of drug-likeness (QED) is 0.573. The molecule has 1 aliphatic carbocycles. The molecule has 6 heteroatoms. The maximum atomic E-state index is 13.0. The molecule has 1 aromatic heterocycles. The summed E-state index contributed by atoms with van der Waals surface area (Å²) >= 11 is 1.32. The number of aryl methyl sites for hydroxylation is 1. The third-order valence-corrected chi connectivity index (χ3v) is 7.08. The molecule has 0 atom stereocenters. The molecule has 1 saturated carbocycles. The molecular weight excluding hydrogens is 406 g/mol. The van der Waals surface area contributed by atoms with Gasteiger partial charge in [0.2, 0.25) is 5.91 Å². The van der Waals surface area contributed by atoms with E-state index in [4.69, 9.17) is 0 Å². The van der Waals surface area contributed by atoms with Crippen LogP contribution in [0.15, 0.2) is 30.3 Å². The largest absolute Gasteiger partial charge is 0.321 e. The van der Waals surface area contributed by atoms with E-state index in [1.165, 1.54) is 43.4 Å². The Hall–Kier alpha value is -2.18. The van der Waals surface area contributed by atoms with Crippen molar-refractivity contribution in [3.8, 4) is 0 Å². The predicted molar refractivity (Wildman–Crippen MR) is 130 cm³/mol. The lowest BCUT2D eigenvalue weighted by atomic mass is 9.94. The molecule has 0 spiro atoms. The summed E-state index contributed by atoms with van der Waals surface area (Å²) in [5.41, 5.74) is 2.36. The molecule has 1 aliphatic rings. The van der Waals surface area contributed by atoms with E-state index in [1.54, 1.807) is 0 Å². The molecule has 0 bridgehead atoms. The maximum absolute atomic E-state index is 13.0. The number of hydrogen-bond donors (Lipinski definition) is 2. The summed E-state index contributed by atoms with van der Waals surface area (Å²) in [6.07, 6.45) is 6.46. The van der Waals surface area contributed by atoms with E-state index in [2.05, 4.69) is 28.6 Å². The van der Waals surface area contributed by atoms with Crippen LogP contribution in [-0.2, 0) is 11.3 Å². The van der Waals surface area contributed by atoms with E-state index in [-0.39, 0.29) is 11.8 Å². The van der Waals surface area contributed by atoms with E-state index < -0.39 is 5.41 Å². The van der Waals surface area contributed by atoms with Gasteiger partial charge in [-0.15, -0.1) is 11.3 Å². The summed E-state index contributed by atoms with van der Waals surface area (Å²) in [7, 11) is 2.18. The third-order valence-electron chi connectivity index (χ3n) is 5.93. The Morgan fingerprint density at radius 2 is 1.77 bits per heavy atom. The zero-order valence-corrected chi connectivity index (χ0v) is 20.2. The van der Waals surface area contributed by atoms with Crippen molar-refractivity contribution in [1.29, 1.82) is 0 Å². The molecule has 3 rings (SSSR count). The van der Waals surface area contributed by atoms with Gasteiger partial charge in [-0.3, -0.25) is 14.5 Å². The van der Waals surface area contributed by atoms with Crippen LogP contribution in [0.2, 0.25) is 0 Å². The summed E-state index contributed by atoms with van der Waals surface area (Å²) < 4.78 is 0. The Bertz CT molecular complexity index is 923. The fourth-order valence-corrected chi connectivity index (χ4v) is 4.91. The Kier molecular flexibility index (Phi) is 7.55. The first kappa shape index (κ1) is 23.5. The van der Waals surface area contributed by atoms with Crippen LogP contribution in [0.25, 0.3) is 0 Å². The Morgan fingerprint density at radius 1 is 1.10 bits per heavy atom. The SMILES string of the molecule is Cc1cc(NC(=O)C(C)(C)C)sc1C(=O)Nc1ccccc1CN(C)C1CCCCC1. The fourth-order valence-electron chi connectivity index (χ4n) is 3.95. The minimum atomic E-state index is -0.483. The van der Waals surface area contributed by atoms with E-state index in [1.807, 2.05) is 52.0 Å². The van der Waals surface area contributed by atoms with Gasteiger partial charge in [-0.1, -0.05) is 58.2 Å². The van der Waals surface area contributed by atoms with Crippen LogP contribution in [0.4, 0.5) is 10.7 Å². The van der Waals surface area contributed by atoms with Gasteiger partial charge in [0.1, 0.15) is 0 Å². The topological polar surface area (TPSA) is 61.4 Å². The first-order valence-electron chi connectivity index (χ1n) is 11.2. The zero-order valence-electron chi connectivity index (χ0n) is 19.4. The van der Waals surface area contributed by atoms with Crippen LogP contribution in [0, 0.1) is 12.3 Å². The highest BCUT2D eigenvalue weighted by atomic mass is 32.1. The summed E-state index contributed by atoms with van der Waals surface area (Å²) in [6, 6.07) is 10.5. The number of nitrogens with zero attached hydrogens (tertiary/aromatic N) is 1. The molecule has 31 heavy (non-hydrogen) atoms. The number of para-hydroxylation sites is 1. The first-order valence-corrected chi connectivity index (χ1v) is 12.0. The molecule has 5 nitrogen and oxygen atoms in total. The number of thiophene rings is 1. The number of carbonyl (C=O) groups is 2. The van der Waals surface area contributed by atoms with Gasteiger partial charge >= 0.3 is 0 Å². The first-order chi connectivity index (χ1) is 14.6. The molecule has 168 valence electrons. The Labute approximate surface area is 190 Å². The van der Waals surface area contributed by atoms with Gasteiger partial charge in [-0.2, -0.15) is 0 Å². The lowest BCUT2D eigenvalue weighted by Gasteiger charge is -2.31. The van der Waals surface area contributed by atoms with E-state index in [0.717, 1.165) is 23.4 Å². The Morgan fingerprint density at radius 3 is 2.45 bits per heavy atom. The molecule has 1 heterocycles. The van der Waals surface area contributed by atoms with E-state index in [9.17, 15) is 9.59 Å². The van der Waals surface area contributed by atoms with Crippen molar-refractivity contribution < 1.29 is 9.59 Å². The molecule has 2 N–H and O–H groups in total. The monoisotopic (exact) mass is 441 g/mol. The van der Waals surface area contributed by atoms with Crippen LogP contribution < -0.4 is 10.6 Å². The van der Waals surface area contributed by atoms with Gasteiger partial charge in [-0.25, -0.2) is 0 Å². The molecule has 2 aromatic rings. The average molecular weight is 442 g/mol. The molecule has 0 radical (unpaired) electrons. The normalized spacial score (nSPS) is 15.2. The van der Waals surface area contributed by atoms with Gasteiger partial charge in [-0.05, 0) is 50.1 Å². The summed E-state index contributed by atoms with van der Waals surface area (Å²) in [6.45, 7) is 8.34. The molecule has 2 amide bonds. The molecule has 0 aliphatic heterocycles. The lowest BCUT2D eigenvalue weighted by Crippen LogP contribution is -2.33. The fraction of sp³-hybridized carbons (Fsp3) is 0.520. The molecule has 1 aromatic carbocycles. The van der Waals surface area contributed by atoms with Crippen LogP contribution in [-0.4, -0.2) is 29.8 Å². The number of nitrogens with one attached hydrogen (secondary N) is 2. The van der Waals surface area contributed by atoms with Crippen LogP contribution in [0.3, 0.4) is 0 Å². The second kappa shape index (κ2) is 9.96. The Balaban J connectivity index is 1.70. The van der Waals surface area contributed by atoms with E-state index in [0.29, 0.717) is 15.9 Å². The number of anilines is 2. The minimum absolute atomic E-state index is 0.0585. The number of rotatable bonds is 6. The molecular formula is C25H35N3O2S. The van der Waals surface area contributed by atoms with Crippen LogP contribution in [0.1, 0.15) is 73.7 Å². The highest BCUT2D eigenvalue weighted by Crippen LogP contribution is 2.30. The van der Waals surface area contributed by atoms with Crippen molar-refractivity contribution in [2.45, 2.75) is 72.4 Å². The summed E-state index contributed by atoms with van der Waals surface area (Å²) in [5, 5.41) is 6.74. The van der Waals surface area contributed by atoms with Crippen molar-refractivity contribution >= 4 is 33.8 Å². The second-order valence-corrected chi connectivity index (χ2v) is 10.7. The maximum Gasteiger partial charge on any atom is 0.266 e. The van der Waals surface area contributed by atoms with Gasteiger partial charge in [0.15, 0.2) is 0 Å². The molecule has 0 unspecified atom stereocenters. The summed E-state index contributed by atoms with van der Waals surface area (Å²) in [5.74, 6) is -0.191. The number of benzene rings is 1. The third kappa shape index (κ3) is 6.17. The van der Waals surface area contributed by atoms with Gasteiger partial charge < -0.3 is 10.6 Å². The smallest absolute Gasteiger partial charge is 0.266 e. The number of amides is 2. The highest BCUT2D eigenvalue weighted by Gasteiger charge is 2.23. The average Bonchev–Trinajstić information content (AvgIpc) is 3.09. The predicted octanol–water partition coefficient (Wildman–Crippen LogP) is 6.06. The molecule has 0 saturated heterocycles. The van der Waals surface area contributed by atoms with Crippen LogP contribution >= 0.6 is 11.3 Å². The van der Waals surface area contributed by atoms with Crippen molar-refractivity contribution in [1.82, 2.24) is 4.90 Å². The van der Waals surface area contributed by atoms with Crippen LogP contribution in [0.5, 0.6) is 0 Å². The minimum Gasteiger partial charge on any atom is -0.321 e. The van der Waals surface area contributed by atoms with Crippen molar-refractivity contribution in [2.75, 3.05) is 17.7 Å². The van der Waals surface area contributed by atoms with Crippen molar-refractivity contribution in [2.24, 2.45) is 5.41 Å². The van der Waals surface area contributed by atoms with Gasteiger partial charge in [0.25, 0.3) is 5.91 Å². The lowest BCUT2D eigenvalue weighted by molar-refractivity contribution is -0.123. The van der Waals surface area contributed by atoms with Crippen molar-refractivity contribution in [3.05, 3.63) is 46.3 Å². The van der Waals surface area contributed by atoms with E-state index >= 15 is 0 Å². The van der Waals surface area contributed by atoms with Gasteiger partial charge in [0, 0.05) is 23.7 Å². The zero-order chi connectivity index (χ0) is 22.6. The molecule has 1 fully saturated rings. The standard InChI is InChI=1S/C25H35N3O2S/c1-17-15-21(27-24(30)25(2,3)4)31-22(17)23(29)26-20-14-10-9-11-18(20)16-28(5)19-12-7-6-8-13-19/h9-11,14-15,19H,6-8,12-13,16H2,1-5H3,(H,26,29)(H,27,30). The summed E-state index contributed by atoms with van der Waals surface area (Å²) in [4.78, 5) is 28.4. The number of carbonyl (C=O) groups excluding carboxylic acids is 2. The van der Waals surface area contributed by atoms with Crippen molar-refractivity contribution in [3.63, 3.8) is 0 Å². The van der Waals surface area contributed by atoms with Gasteiger partial charge in [0.05, 0.1) is 9.88 Å². The number of hydrogen-bond acceptors (Lipinski definition) is 4. The second-order valence-electron chi connectivity index (χ2n) is 9.65.